The van der Waals surface area contributed by atoms with Crippen molar-refractivity contribution in [2.45, 2.75) is 49.0 Å². The highest BCUT2D eigenvalue weighted by Gasteiger charge is 2.47. The van der Waals surface area contributed by atoms with Crippen molar-refractivity contribution in [3.8, 4) is 57.5 Å². The quantitative estimate of drug-likeness (QED) is 0.0442. The Morgan fingerprint density at radius 3 is 0.565 bits per heavy atom. The first-order valence-corrected chi connectivity index (χ1v) is 39.3. The van der Waals surface area contributed by atoms with Crippen LogP contribution in [0.25, 0.3) is 0 Å². The number of phenolic OH excluding ortho intramolecular Hbond substituents is 5. The molecule has 10 aromatic rings. The summed E-state index contributed by atoms with van der Waals surface area (Å²) in [6, 6.07) is 47.4. The van der Waals surface area contributed by atoms with E-state index in [4.69, 9.17) is 47.4 Å². The van der Waals surface area contributed by atoms with Crippen LogP contribution in [0, 0.1) is 0 Å². The molecule has 0 saturated heterocycles. The molecule has 0 amide bonds. The van der Waals surface area contributed by atoms with Crippen LogP contribution in [-0.2, 0) is 49.2 Å². The normalized spacial score (nSPS) is 15.5. The van der Waals surface area contributed by atoms with Crippen molar-refractivity contribution in [1.82, 2.24) is 0 Å². The van der Waals surface area contributed by atoms with Gasteiger partial charge in [0, 0.05) is 0 Å². The summed E-state index contributed by atoms with van der Waals surface area (Å²) in [6.45, 7) is -4.73. The van der Waals surface area contributed by atoms with Crippen LogP contribution in [0.15, 0.2) is 305 Å². The summed E-state index contributed by atoms with van der Waals surface area (Å²) in [5.74, 6) is -2.12. The molecule has 0 radical (unpaired) electrons. The second-order valence-corrected chi connectivity index (χ2v) is 36.6. The van der Waals surface area contributed by atoms with Crippen molar-refractivity contribution >= 4 is 82.5 Å². The zero-order chi connectivity index (χ0) is 65.5. The number of hydrogen-bond acceptors (Lipinski definition) is 23. The van der Waals surface area contributed by atoms with Crippen molar-refractivity contribution in [2.24, 2.45) is 13.5 Å². The molecule has 1 unspecified atom stereocenters. The van der Waals surface area contributed by atoms with Crippen molar-refractivity contribution in [1.29, 1.82) is 0 Å². The number of nitrogens with zero attached hydrogens (tertiary/aromatic N) is 3. The molecule has 11 rings (SSSR count). The van der Waals surface area contributed by atoms with Gasteiger partial charge in [-0.3, -0.25) is 0 Å². The molecule has 32 heteroatoms. The maximum atomic E-state index is 13.9. The molecule has 0 bridgehead atoms. The summed E-state index contributed by atoms with van der Waals surface area (Å²) in [5.41, 5.74) is 0. The molecule has 0 saturated carbocycles. The minimum atomic E-state index is -4.92. The van der Waals surface area contributed by atoms with Gasteiger partial charge in [0.1, 0.15) is 57.5 Å². The Bertz CT molecular complexity index is 4750. The van der Waals surface area contributed by atoms with Crippen LogP contribution in [0.2, 0.25) is 0 Å². The molecule has 10 aromatic carbocycles. The highest BCUT2D eigenvalue weighted by atomic mass is 35.7. The predicted molar refractivity (Wildman–Crippen MR) is 337 cm³/mol. The Hall–Kier alpha value is -9.07. The average molecular weight is 1420 g/mol. The van der Waals surface area contributed by atoms with Crippen LogP contribution < -0.4 is 22.6 Å². The fourth-order valence-electron chi connectivity index (χ4n) is 8.58. The van der Waals surface area contributed by atoms with Crippen molar-refractivity contribution < 1.29 is 90.2 Å². The van der Waals surface area contributed by atoms with E-state index >= 15 is 0 Å². The molecule has 1 heterocycles. The number of sulfone groups is 5. The fourth-order valence-corrected chi connectivity index (χ4v) is 24.9. The number of halogens is 1. The van der Waals surface area contributed by atoms with Gasteiger partial charge in [-0.05, 0) is 254 Å². The van der Waals surface area contributed by atoms with Crippen LogP contribution in [0.4, 0.5) is 0 Å². The SMILES string of the molecule is O=S(=O)(c1ccc(O)cc1)c1ccc(OP2(Cl)=NP(Oc3ccc(S(=O)(=O)c4ccc(O)cc4)cc3)(Oc3ccc(S(=O)(=O)c4ccc(O)cc4)cc3)=NP(Oc3ccc(S(=O)(=O)c4ccc(O)cc4)cc3)(Oc3ccc(S(=O)(=O)c4ccc(O)cc4)cc3)=N2)cc1. The number of rotatable bonds is 20. The smallest absolute Gasteiger partial charge is 0.459 e. The number of benzene rings is 10. The van der Waals surface area contributed by atoms with Crippen LogP contribution in [0.5, 0.6) is 57.5 Å². The van der Waals surface area contributed by atoms with Crippen LogP contribution in [-0.4, -0.2) is 67.6 Å². The van der Waals surface area contributed by atoms with Gasteiger partial charge in [0.05, 0.1) is 49.0 Å². The summed E-state index contributed by atoms with van der Waals surface area (Å²) >= 11 is 7.64. The Morgan fingerprint density at radius 2 is 0.380 bits per heavy atom. The van der Waals surface area contributed by atoms with Gasteiger partial charge in [0.15, 0.2) is 0 Å². The highest BCUT2D eigenvalue weighted by molar-refractivity contribution is 7.94. The van der Waals surface area contributed by atoms with E-state index in [-0.39, 0.29) is 106 Å². The lowest BCUT2D eigenvalue weighted by Crippen LogP contribution is -2.09. The predicted octanol–water partition coefficient (Wildman–Crippen LogP) is 14.2. The third kappa shape index (κ3) is 13.7. The van der Waals surface area contributed by atoms with Gasteiger partial charge in [0.2, 0.25) is 49.2 Å². The molecule has 0 aliphatic carbocycles. The van der Waals surface area contributed by atoms with E-state index in [2.05, 4.69) is 0 Å². The van der Waals surface area contributed by atoms with Crippen LogP contribution >= 0.6 is 33.3 Å². The van der Waals surface area contributed by atoms with Gasteiger partial charge in [-0.15, -0.1) is 9.03 Å². The summed E-state index contributed by atoms with van der Waals surface area (Å²) in [4.78, 5) is -2.23. The van der Waals surface area contributed by atoms with Crippen LogP contribution in [0.3, 0.4) is 0 Å². The minimum Gasteiger partial charge on any atom is -0.508 e. The number of aromatic hydroxyl groups is 5. The molecule has 1 aliphatic heterocycles. The van der Waals surface area contributed by atoms with E-state index < -0.39 is 71.3 Å². The molecule has 0 fully saturated rings. The van der Waals surface area contributed by atoms with Crippen molar-refractivity contribution in [3.63, 3.8) is 0 Å². The van der Waals surface area contributed by atoms with E-state index in [1.165, 1.54) is 194 Å². The molecule has 0 aromatic heterocycles. The summed E-state index contributed by atoms with van der Waals surface area (Å²) in [5, 5.41) is 49.5. The van der Waals surface area contributed by atoms with Gasteiger partial charge in [-0.1, -0.05) is 4.52 Å². The van der Waals surface area contributed by atoms with E-state index in [1.54, 1.807) is 0 Å². The lowest BCUT2D eigenvalue weighted by atomic mass is 10.3. The van der Waals surface area contributed by atoms with E-state index in [9.17, 15) is 67.6 Å². The monoisotopic (exact) mass is 1420 g/mol. The fraction of sp³-hybridized carbons (Fsp3) is 0. The highest BCUT2D eigenvalue weighted by Crippen LogP contribution is 2.80. The first-order chi connectivity index (χ1) is 43.5. The molecule has 472 valence electrons. The third-order valence-electron chi connectivity index (χ3n) is 13.2. The zero-order valence-electron chi connectivity index (χ0n) is 46.6. The minimum absolute atomic E-state index is 0.175. The van der Waals surface area contributed by atoms with Crippen molar-refractivity contribution in [3.05, 3.63) is 243 Å². The number of hydrogen-bond donors (Lipinski definition) is 5. The van der Waals surface area contributed by atoms with Crippen LogP contribution in [0.1, 0.15) is 0 Å². The molecule has 92 heavy (non-hydrogen) atoms. The zero-order valence-corrected chi connectivity index (χ0v) is 54.1. The summed E-state index contributed by atoms with van der Waals surface area (Å²) in [6.07, 6.45) is 0. The third-order valence-corrected chi connectivity index (χ3v) is 31.2. The van der Waals surface area contributed by atoms with Gasteiger partial charge >= 0.3 is 22.1 Å². The van der Waals surface area contributed by atoms with Gasteiger partial charge in [-0.2, -0.15) is 0 Å². The standard InChI is InChI=1S/C60H45ClN3O20P3S5/c61-85(80-46-11-31-56(32-12-46)88(70,71)51-21-1-41(65)2-22-51)62-86(81-47-13-33-57(34-14-47)89(72,73)52-23-3-42(66)4-24-52,82-48-15-35-58(36-16-48)90(74,75)53-25-5-43(67)6-26-53)64-87(63-85,83-49-17-37-59(38-18-49)91(76,77)54-27-7-44(68)8-28-54)84-50-19-39-60(40-20-50)92(78,79)55-29-9-45(69)10-30-55/h1-40,65-69H. The second kappa shape index (κ2) is 24.9. The second-order valence-electron chi connectivity index (χ2n) is 19.5. The lowest BCUT2D eigenvalue weighted by Gasteiger charge is -2.31. The Kier molecular flexibility index (Phi) is 17.4. The molecule has 5 N–H and O–H groups in total. The maximum Gasteiger partial charge on any atom is 0.459 e. The molecule has 1 atom stereocenters. The maximum absolute atomic E-state index is 13.9. The average Bonchev–Trinajstić information content (AvgIpc) is 0.737. The molecule has 0 spiro atoms. The van der Waals surface area contributed by atoms with Crippen molar-refractivity contribution in [2.75, 3.05) is 0 Å². The number of phenols is 5. The Balaban J connectivity index is 1.11. The first kappa shape index (κ1) is 64.5. The van der Waals surface area contributed by atoms with Gasteiger partial charge in [0.25, 0.3) is 0 Å². The van der Waals surface area contributed by atoms with E-state index in [0.717, 1.165) is 48.5 Å². The molecular weight excluding hydrogens is 1370 g/mol. The molecule has 1 aliphatic rings. The van der Waals surface area contributed by atoms with Gasteiger partial charge < -0.3 is 48.2 Å². The largest absolute Gasteiger partial charge is 0.508 e. The Labute approximate surface area is 531 Å². The molecule has 23 nitrogen and oxygen atoms in total. The Morgan fingerprint density at radius 1 is 0.228 bits per heavy atom. The molecular formula is C60H45ClN3O20P3S5. The summed E-state index contributed by atoms with van der Waals surface area (Å²) < 4.78 is 187. The topological polar surface area (TPSA) is 355 Å². The lowest BCUT2D eigenvalue weighted by molar-refractivity contribution is 0.457. The van der Waals surface area contributed by atoms with E-state index in [0.29, 0.717) is 0 Å². The van der Waals surface area contributed by atoms with Gasteiger partial charge in [-0.25, -0.2) is 42.1 Å². The van der Waals surface area contributed by atoms with E-state index in [1.807, 2.05) is 0 Å². The first-order valence-electron chi connectivity index (χ1n) is 26.3. The summed E-state index contributed by atoms with van der Waals surface area (Å²) in [7, 11) is -31.1.